The van der Waals surface area contributed by atoms with E-state index in [1.165, 1.54) is 0 Å². The minimum Gasteiger partial charge on any atom is -0.508 e. The molecule has 1 aromatic carbocycles. The predicted molar refractivity (Wildman–Crippen MR) is 63.8 cm³/mol. The maximum absolute atomic E-state index is 11.8. The lowest BCUT2D eigenvalue weighted by Gasteiger charge is -2.17. The summed E-state index contributed by atoms with van der Waals surface area (Å²) in [5.41, 5.74) is 1.06. The van der Waals surface area contributed by atoms with Gasteiger partial charge in [0.2, 0.25) is 0 Å². The van der Waals surface area contributed by atoms with Crippen LogP contribution in [0.15, 0.2) is 24.3 Å². The predicted octanol–water partition coefficient (Wildman–Crippen LogP) is 1.26. The van der Waals surface area contributed by atoms with Crippen molar-refractivity contribution in [1.82, 2.24) is 5.32 Å². The molecule has 0 unspecified atom stereocenters. The SMILES string of the molecule is CCOC(=O)[C@H]1CNC[C@@H]1c1ccc(O)cc1. The van der Waals surface area contributed by atoms with E-state index in [-0.39, 0.29) is 23.6 Å². The topological polar surface area (TPSA) is 58.6 Å². The zero-order valence-corrected chi connectivity index (χ0v) is 9.85. The van der Waals surface area contributed by atoms with Gasteiger partial charge in [-0.2, -0.15) is 0 Å². The molecular weight excluding hydrogens is 218 g/mol. The summed E-state index contributed by atoms with van der Waals surface area (Å²) in [4.78, 5) is 11.8. The standard InChI is InChI=1S/C13H17NO3/c1-2-17-13(16)12-8-14-7-11(12)9-3-5-10(15)6-4-9/h3-6,11-12,14-15H,2,7-8H2,1H3/t11-,12+/m1/s1. The number of hydrogen-bond acceptors (Lipinski definition) is 4. The highest BCUT2D eigenvalue weighted by Crippen LogP contribution is 2.29. The van der Waals surface area contributed by atoms with Crippen LogP contribution in [0.4, 0.5) is 0 Å². The molecule has 4 heteroatoms. The first-order valence-corrected chi connectivity index (χ1v) is 5.88. The molecule has 0 spiro atoms. The Labute approximate surface area is 101 Å². The van der Waals surface area contributed by atoms with Crippen LogP contribution in [0.5, 0.6) is 5.75 Å². The highest BCUT2D eigenvalue weighted by Gasteiger charge is 2.34. The number of rotatable bonds is 3. The molecule has 1 aliphatic rings. The van der Waals surface area contributed by atoms with E-state index in [0.29, 0.717) is 13.2 Å². The van der Waals surface area contributed by atoms with Gasteiger partial charge in [-0.05, 0) is 24.6 Å². The summed E-state index contributed by atoms with van der Waals surface area (Å²) in [5.74, 6) is 0.108. The molecule has 17 heavy (non-hydrogen) atoms. The van der Waals surface area contributed by atoms with Gasteiger partial charge in [0.25, 0.3) is 0 Å². The number of carbonyl (C=O) groups excluding carboxylic acids is 1. The lowest BCUT2D eigenvalue weighted by Crippen LogP contribution is -2.24. The maximum Gasteiger partial charge on any atom is 0.310 e. The molecule has 2 N–H and O–H groups in total. The van der Waals surface area contributed by atoms with Gasteiger partial charge in [-0.1, -0.05) is 12.1 Å². The fourth-order valence-corrected chi connectivity index (χ4v) is 2.25. The summed E-state index contributed by atoms with van der Waals surface area (Å²) in [7, 11) is 0. The largest absolute Gasteiger partial charge is 0.508 e. The van der Waals surface area contributed by atoms with Crippen LogP contribution >= 0.6 is 0 Å². The van der Waals surface area contributed by atoms with Crippen molar-refractivity contribution in [2.24, 2.45) is 5.92 Å². The molecule has 0 aromatic heterocycles. The van der Waals surface area contributed by atoms with Crippen LogP contribution in [0.3, 0.4) is 0 Å². The van der Waals surface area contributed by atoms with Gasteiger partial charge < -0.3 is 15.2 Å². The van der Waals surface area contributed by atoms with Crippen molar-refractivity contribution in [3.8, 4) is 5.75 Å². The van der Waals surface area contributed by atoms with Crippen LogP contribution in [-0.4, -0.2) is 30.8 Å². The molecule has 4 nitrogen and oxygen atoms in total. The first kappa shape index (κ1) is 11.9. The van der Waals surface area contributed by atoms with Crippen molar-refractivity contribution >= 4 is 5.97 Å². The van der Waals surface area contributed by atoms with E-state index in [1.54, 1.807) is 12.1 Å². The molecule has 1 aliphatic heterocycles. The van der Waals surface area contributed by atoms with Crippen LogP contribution in [-0.2, 0) is 9.53 Å². The summed E-state index contributed by atoms with van der Waals surface area (Å²) in [6.45, 7) is 3.66. The quantitative estimate of drug-likeness (QED) is 0.774. The average Bonchev–Trinajstić information content (AvgIpc) is 2.79. The molecule has 2 rings (SSSR count). The molecule has 0 radical (unpaired) electrons. The Kier molecular flexibility index (Phi) is 3.64. The van der Waals surface area contributed by atoms with Crippen molar-refractivity contribution in [3.05, 3.63) is 29.8 Å². The smallest absolute Gasteiger partial charge is 0.310 e. The normalized spacial score (nSPS) is 23.6. The number of carbonyl (C=O) groups is 1. The number of nitrogens with one attached hydrogen (secondary N) is 1. The number of esters is 1. The number of benzene rings is 1. The Morgan fingerprint density at radius 1 is 1.41 bits per heavy atom. The number of aromatic hydroxyl groups is 1. The number of hydrogen-bond donors (Lipinski definition) is 2. The number of phenols is 1. The number of ether oxygens (including phenoxy) is 1. The van der Waals surface area contributed by atoms with Gasteiger partial charge in [-0.3, -0.25) is 4.79 Å². The van der Waals surface area contributed by atoms with Gasteiger partial charge in [0.15, 0.2) is 0 Å². The average molecular weight is 235 g/mol. The molecule has 2 atom stereocenters. The lowest BCUT2D eigenvalue weighted by molar-refractivity contribution is -0.147. The number of phenolic OH excluding ortho intramolecular Hbond substituents is 1. The highest BCUT2D eigenvalue weighted by molar-refractivity contribution is 5.74. The van der Waals surface area contributed by atoms with E-state index in [4.69, 9.17) is 4.74 Å². The minimum absolute atomic E-state index is 0.125. The van der Waals surface area contributed by atoms with Crippen LogP contribution in [0.25, 0.3) is 0 Å². The van der Waals surface area contributed by atoms with E-state index in [9.17, 15) is 9.90 Å². The van der Waals surface area contributed by atoms with Crippen LogP contribution in [0.2, 0.25) is 0 Å². The van der Waals surface area contributed by atoms with Gasteiger partial charge in [0, 0.05) is 19.0 Å². The molecule has 1 saturated heterocycles. The third-order valence-corrected chi connectivity index (χ3v) is 3.12. The molecule has 0 aliphatic carbocycles. The van der Waals surface area contributed by atoms with Crippen molar-refractivity contribution in [2.75, 3.05) is 19.7 Å². The second-order valence-electron chi connectivity index (χ2n) is 4.21. The van der Waals surface area contributed by atoms with Crippen molar-refractivity contribution in [3.63, 3.8) is 0 Å². The summed E-state index contributed by atoms with van der Waals surface area (Å²) >= 11 is 0. The molecule has 0 amide bonds. The van der Waals surface area contributed by atoms with E-state index in [0.717, 1.165) is 12.1 Å². The van der Waals surface area contributed by atoms with Gasteiger partial charge in [-0.15, -0.1) is 0 Å². The molecular formula is C13H17NO3. The van der Waals surface area contributed by atoms with Gasteiger partial charge >= 0.3 is 5.97 Å². The fraction of sp³-hybridized carbons (Fsp3) is 0.462. The van der Waals surface area contributed by atoms with Gasteiger partial charge in [0.1, 0.15) is 5.75 Å². The van der Waals surface area contributed by atoms with Crippen molar-refractivity contribution in [1.29, 1.82) is 0 Å². The van der Waals surface area contributed by atoms with Crippen molar-refractivity contribution in [2.45, 2.75) is 12.8 Å². The Morgan fingerprint density at radius 3 is 2.76 bits per heavy atom. The van der Waals surface area contributed by atoms with E-state index in [1.807, 2.05) is 19.1 Å². The fourth-order valence-electron chi connectivity index (χ4n) is 2.25. The highest BCUT2D eigenvalue weighted by atomic mass is 16.5. The molecule has 1 aromatic rings. The Morgan fingerprint density at radius 2 is 2.12 bits per heavy atom. The Hall–Kier alpha value is -1.55. The summed E-state index contributed by atoms with van der Waals surface area (Å²) in [6, 6.07) is 7.02. The van der Waals surface area contributed by atoms with Crippen LogP contribution in [0, 0.1) is 5.92 Å². The zero-order chi connectivity index (χ0) is 12.3. The minimum atomic E-state index is -0.143. The van der Waals surface area contributed by atoms with Crippen molar-refractivity contribution < 1.29 is 14.6 Å². The second kappa shape index (κ2) is 5.19. The zero-order valence-electron chi connectivity index (χ0n) is 9.85. The maximum atomic E-state index is 11.8. The Bertz CT molecular complexity index is 388. The summed E-state index contributed by atoms with van der Waals surface area (Å²) < 4.78 is 5.07. The summed E-state index contributed by atoms with van der Waals surface area (Å²) in [6.07, 6.45) is 0. The third-order valence-electron chi connectivity index (χ3n) is 3.12. The van der Waals surface area contributed by atoms with Gasteiger partial charge in [-0.25, -0.2) is 0 Å². The van der Waals surface area contributed by atoms with E-state index < -0.39 is 0 Å². The molecule has 0 bridgehead atoms. The van der Waals surface area contributed by atoms with Crippen LogP contribution < -0.4 is 5.32 Å². The third kappa shape index (κ3) is 2.58. The second-order valence-corrected chi connectivity index (χ2v) is 4.21. The summed E-state index contributed by atoms with van der Waals surface area (Å²) in [5, 5.41) is 12.5. The van der Waals surface area contributed by atoms with Gasteiger partial charge in [0.05, 0.1) is 12.5 Å². The Balaban J connectivity index is 2.14. The molecule has 1 fully saturated rings. The molecule has 92 valence electrons. The molecule has 0 saturated carbocycles. The molecule has 1 heterocycles. The first-order chi connectivity index (χ1) is 8.22. The first-order valence-electron chi connectivity index (χ1n) is 5.88. The lowest BCUT2D eigenvalue weighted by atomic mass is 9.89. The van der Waals surface area contributed by atoms with E-state index >= 15 is 0 Å². The van der Waals surface area contributed by atoms with E-state index in [2.05, 4.69) is 5.32 Å². The monoisotopic (exact) mass is 235 g/mol. The van der Waals surface area contributed by atoms with Crippen LogP contribution in [0.1, 0.15) is 18.4 Å².